The number of hydrogen-bond acceptors (Lipinski definition) is 3. The normalized spacial score (nSPS) is 11.1. The SMILES string of the molecule is O=C(CN(c1ccc(Cl)cc1Cl)S(=O)(=O)c1ccccc1)Nc1ccc(I)cc1. The summed E-state index contributed by atoms with van der Waals surface area (Å²) in [5.74, 6) is -0.503. The van der Waals surface area contributed by atoms with Crippen LogP contribution >= 0.6 is 45.8 Å². The van der Waals surface area contributed by atoms with Crippen LogP contribution in [0.1, 0.15) is 0 Å². The molecule has 29 heavy (non-hydrogen) atoms. The van der Waals surface area contributed by atoms with Gasteiger partial charge >= 0.3 is 0 Å². The lowest BCUT2D eigenvalue weighted by atomic mass is 10.3. The molecule has 9 heteroatoms. The maximum absolute atomic E-state index is 13.3. The summed E-state index contributed by atoms with van der Waals surface area (Å²) in [6.45, 7) is -0.454. The van der Waals surface area contributed by atoms with Crippen LogP contribution < -0.4 is 9.62 Å². The minimum absolute atomic E-state index is 0.0491. The quantitative estimate of drug-likeness (QED) is 0.409. The Morgan fingerprint density at radius 3 is 2.24 bits per heavy atom. The van der Waals surface area contributed by atoms with Gasteiger partial charge < -0.3 is 5.32 Å². The van der Waals surface area contributed by atoms with Crippen LogP contribution in [0.25, 0.3) is 0 Å². The van der Waals surface area contributed by atoms with Crippen molar-refractivity contribution in [1.29, 1.82) is 0 Å². The van der Waals surface area contributed by atoms with E-state index in [1.165, 1.54) is 30.3 Å². The third kappa shape index (κ3) is 5.42. The van der Waals surface area contributed by atoms with E-state index in [0.717, 1.165) is 7.88 Å². The zero-order valence-electron chi connectivity index (χ0n) is 14.8. The lowest BCUT2D eigenvalue weighted by molar-refractivity contribution is -0.114. The van der Waals surface area contributed by atoms with Gasteiger partial charge in [-0.1, -0.05) is 41.4 Å². The van der Waals surface area contributed by atoms with Crippen molar-refractivity contribution in [2.45, 2.75) is 4.90 Å². The van der Waals surface area contributed by atoms with Gasteiger partial charge in [-0.15, -0.1) is 0 Å². The summed E-state index contributed by atoms with van der Waals surface area (Å²) in [4.78, 5) is 12.7. The summed E-state index contributed by atoms with van der Waals surface area (Å²) in [5.41, 5.74) is 0.729. The standard InChI is InChI=1S/C20H15Cl2IN2O3S/c21-14-6-11-19(18(22)12-14)25(29(27,28)17-4-2-1-3-5-17)13-20(26)24-16-9-7-15(23)8-10-16/h1-12H,13H2,(H,24,26). The van der Waals surface area contributed by atoms with Crippen LogP contribution in [0.5, 0.6) is 0 Å². The molecule has 3 aromatic rings. The largest absolute Gasteiger partial charge is 0.325 e. The molecule has 0 aliphatic carbocycles. The molecular formula is C20H15Cl2IN2O3S. The first-order chi connectivity index (χ1) is 13.8. The monoisotopic (exact) mass is 560 g/mol. The van der Waals surface area contributed by atoms with Crippen LogP contribution in [-0.4, -0.2) is 20.9 Å². The van der Waals surface area contributed by atoms with Crippen LogP contribution in [0.15, 0.2) is 77.7 Å². The summed E-state index contributed by atoms with van der Waals surface area (Å²) < 4.78 is 28.5. The number of carbonyl (C=O) groups excluding carboxylic acids is 1. The highest BCUT2D eigenvalue weighted by molar-refractivity contribution is 14.1. The second-order valence-corrected chi connectivity index (χ2v) is 9.93. The van der Waals surface area contributed by atoms with Gasteiger partial charge in [-0.2, -0.15) is 0 Å². The maximum atomic E-state index is 13.3. The number of nitrogens with zero attached hydrogens (tertiary/aromatic N) is 1. The van der Waals surface area contributed by atoms with Crippen molar-refractivity contribution < 1.29 is 13.2 Å². The van der Waals surface area contributed by atoms with E-state index in [0.29, 0.717) is 10.7 Å². The molecule has 150 valence electrons. The van der Waals surface area contributed by atoms with Crippen molar-refractivity contribution >= 4 is 73.1 Å². The van der Waals surface area contributed by atoms with E-state index < -0.39 is 22.5 Å². The van der Waals surface area contributed by atoms with Crippen LogP contribution in [-0.2, 0) is 14.8 Å². The van der Waals surface area contributed by atoms with Gasteiger partial charge in [-0.05, 0) is 77.2 Å². The van der Waals surface area contributed by atoms with Gasteiger partial charge in [0.1, 0.15) is 6.54 Å². The smallest absolute Gasteiger partial charge is 0.264 e. The third-order valence-corrected chi connectivity index (χ3v) is 6.96. The van der Waals surface area contributed by atoms with Crippen molar-refractivity contribution in [3.63, 3.8) is 0 Å². The molecule has 0 aliphatic rings. The number of benzene rings is 3. The Bertz CT molecular complexity index is 1120. The number of amides is 1. The minimum atomic E-state index is -4.04. The van der Waals surface area contributed by atoms with Crippen LogP contribution in [0.3, 0.4) is 0 Å². The molecule has 0 fully saturated rings. The molecule has 5 nitrogen and oxygen atoms in total. The van der Waals surface area contributed by atoms with Crippen molar-refractivity contribution in [3.05, 3.63) is 86.4 Å². The van der Waals surface area contributed by atoms with Crippen LogP contribution in [0, 0.1) is 3.57 Å². The van der Waals surface area contributed by atoms with E-state index in [1.54, 1.807) is 30.3 Å². The third-order valence-electron chi connectivity index (χ3n) is 3.92. The van der Waals surface area contributed by atoms with Crippen molar-refractivity contribution in [2.75, 3.05) is 16.2 Å². The predicted octanol–water partition coefficient (Wildman–Crippen LogP) is 5.43. The second-order valence-electron chi connectivity index (χ2n) is 5.98. The summed E-state index contributed by atoms with van der Waals surface area (Å²) >= 11 is 14.4. The Labute approximate surface area is 192 Å². The lowest BCUT2D eigenvalue weighted by Gasteiger charge is -2.25. The molecule has 0 aromatic heterocycles. The van der Waals surface area contributed by atoms with Gasteiger partial charge in [0.05, 0.1) is 15.6 Å². The Balaban J connectivity index is 1.96. The van der Waals surface area contributed by atoms with Crippen molar-refractivity contribution in [2.24, 2.45) is 0 Å². The zero-order valence-corrected chi connectivity index (χ0v) is 19.3. The molecule has 0 heterocycles. The van der Waals surface area contributed by atoms with E-state index in [1.807, 2.05) is 12.1 Å². The number of hydrogen-bond donors (Lipinski definition) is 1. The van der Waals surface area contributed by atoms with E-state index in [4.69, 9.17) is 23.2 Å². The molecule has 0 saturated heterocycles. The number of nitrogens with one attached hydrogen (secondary N) is 1. The average molecular weight is 561 g/mol. The fourth-order valence-electron chi connectivity index (χ4n) is 2.57. The van der Waals surface area contributed by atoms with Crippen LogP contribution in [0.2, 0.25) is 10.0 Å². The molecule has 1 amide bonds. The van der Waals surface area contributed by atoms with Crippen molar-refractivity contribution in [1.82, 2.24) is 0 Å². The molecule has 0 unspecified atom stereocenters. The topological polar surface area (TPSA) is 66.5 Å². The highest BCUT2D eigenvalue weighted by Gasteiger charge is 2.28. The number of halogens is 3. The Morgan fingerprint density at radius 1 is 0.966 bits per heavy atom. The van der Waals surface area contributed by atoms with Gasteiger partial charge in [0.2, 0.25) is 5.91 Å². The number of anilines is 2. The molecule has 0 saturated carbocycles. The maximum Gasteiger partial charge on any atom is 0.264 e. The van der Waals surface area contributed by atoms with Gasteiger partial charge in [-0.25, -0.2) is 8.42 Å². The van der Waals surface area contributed by atoms with Crippen LogP contribution in [0.4, 0.5) is 11.4 Å². The summed E-state index contributed by atoms with van der Waals surface area (Å²) in [7, 11) is -4.04. The highest BCUT2D eigenvalue weighted by atomic mass is 127. The first-order valence-corrected chi connectivity index (χ1v) is 11.6. The molecule has 0 radical (unpaired) electrons. The summed E-state index contributed by atoms with van der Waals surface area (Å²) in [5, 5.41) is 3.19. The van der Waals surface area contributed by atoms with Gasteiger partial charge in [-0.3, -0.25) is 9.10 Å². The first kappa shape index (κ1) is 21.9. The minimum Gasteiger partial charge on any atom is -0.325 e. The van der Waals surface area contributed by atoms with Gasteiger partial charge in [0.15, 0.2) is 0 Å². The van der Waals surface area contributed by atoms with E-state index in [9.17, 15) is 13.2 Å². The Hall–Kier alpha value is -1.81. The van der Waals surface area contributed by atoms with Crippen molar-refractivity contribution in [3.8, 4) is 0 Å². The molecule has 0 spiro atoms. The molecular weight excluding hydrogens is 546 g/mol. The molecule has 0 atom stereocenters. The second kappa shape index (κ2) is 9.34. The zero-order chi connectivity index (χ0) is 21.0. The number of sulfonamides is 1. The fraction of sp³-hybridized carbons (Fsp3) is 0.0500. The molecule has 1 N–H and O–H groups in total. The molecule has 0 aliphatic heterocycles. The summed E-state index contributed by atoms with van der Waals surface area (Å²) in [6, 6.07) is 19.4. The van der Waals surface area contributed by atoms with E-state index in [2.05, 4.69) is 27.9 Å². The van der Waals surface area contributed by atoms with Gasteiger partial charge in [0.25, 0.3) is 10.0 Å². The number of rotatable bonds is 6. The highest BCUT2D eigenvalue weighted by Crippen LogP contribution is 2.32. The number of carbonyl (C=O) groups is 1. The first-order valence-electron chi connectivity index (χ1n) is 8.35. The molecule has 3 rings (SSSR count). The van der Waals surface area contributed by atoms with E-state index in [-0.39, 0.29) is 15.6 Å². The molecule has 3 aromatic carbocycles. The predicted molar refractivity (Wildman–Crippen MR) is 125 cm³/mol. The van der Waals surface area contributed by atoms with Gasteiger partial charge in [0, 0.05) is 14.3 Å². The Morgan fingerprint density at radius 2 is 1.62 bits per heavy atom. The molecule has 0 bridgehead atoms. The average Bonchev–Trinajstić information content (AvgIpc) is 2.69. The lowest BCUT2D eigenvalue weighted by Crippen LogP contribution is -2.38. The fourth-order valence-corrected chi connectivity index (χ4v) is 4.95. The Kier molecular flexibility index (Phi) is 7.05. The van der Waals surface area contributed by atoms with E-state index >= 15 is 0 Å². The summed E-state index contributed by atoms with van der Waals surface area (Å²) in [6.07, 6.45) is 0.